The van der Waals surface area contributed by atoms with Crippen molar-refractivity contribution in [1.29, 1.82) is 0 Å². The van der Waals surface area contributed by atoms with E-state index in [9.17, 15) is 19.2 Å². The minimum Gasteiger partial charge on any atom is -0.385 e. The van der Waals surface area contributed by atoms with E-state index in [2.05, 4.69) is 16.0 Å². The van der Waals surface area contributed by atoms with E-state index < -0.39 is 0 Å². The van der Waals surface area contributed by atoms with Crippen LogP contribution < -0.4 is 16.0 Å². The van der Waals surface area contributed by atoms with Crippen molar-refractivity contribution in [2.24, 2.45) is 0 Å². The van der Waals surface area contributed by atoms with Crippen LogP contribution in [0, 0.1) is 13.8 Å². The zero-order valence-corrected chi connectivity index (χ0v) is 28.7. The van der Waals surface area contributed by atoms with Gasteiger partial charge in [0.05, 0.1) is 11.9 Å². The van der Waals surface area contributed by atoms with E-state index >= 15 is 0 Å². The maximum atomic E-state index is 13.5. The Hall–Kier alpha value is -4.79. The van der Waals surface area contributed by atoms with Gasteiger partial charge in [-0.1, -0.05) is 54.3 Å². The molecule has 0 aliphatic carbocycles. The summed E-state index contributed by atoms with van der Waals surface area (Å²) in [5.41, 5.74) is 5.89. The van der Waals surface area contributed by atoms with Gasteiger partial charge in [0.2, 0.25) is 5.91 Å². The lowest BCUT2D eigenvalue weighted by Crippen LogP contribution is -2.26. The highest BCUT2D eigenvalue weighted by atomic mass is 35.5. The summed E-state index contributed by atoms with van der Waals surface area (Å²) in [6.07, 6.45) is 5.52. The van der Waals surface area contributed by atoms with Crippen molar-refractivity contribution >= 4 is 63.4 Å². The van der Waals surface area contributed by atoms with E-state index in [1.165, 1.54) is 0 Å². The molecule has 0 radical (unpaired) electrons. The third-order valence-electron chi connectivity index (χ3n) is 8.22. The molecule has 250 valence electrons. The molecule has 5 rings (SSSR count). The van der Waals surface area contributed by atoms with Crippen LogP contribution in [0.4, 0.5) is 5.69 Å². The molecule has 0 atom stereocenters. The van der Waals surface area contributed by atoms with Crippen LogP contribution in [0.2, 0.25) is 5.02 Å². The Morgan fingerprint density at radius 2 is 1.46 bits per heavy atom. The number of benzene rings is 4. The fourth-order valence-corrected chi connectivity index (χ4v) is 6.02. The third-order valence-corrected chi connectivity index (χ3v) is 8.47. The van der Waals surface area contributed by atoms with E-state index in [1.807, 2.05) is 64.3 Å². The molecular formula is C39H43ClN4O4. The van der Waals surface area contributed by atoms with E-state index in [-0.39, 0.29) is 18.2 Å². The van der Waals surface area contributed by atoms with Crippen LogP contribution in [-0.4, -0.2) is 56.1 Å². The van der Waals surface area contributed by atoms with Gasteiger partial charge < -0.3 is 16.0 Å². The Kier molecular flexibility index (Phi) is 13.1. The number of fused-ring (bicyclic) bond motifs is 2. The van der Waals surface area contributed by atoms with Crippen LogP contribution in [0.5, 0.6) is 0 Å². The summed E-state index contributed by atoms with van der Waals surface area (Å²) < 4.78 is 1.69. The summed E-state index contributed by atoms with van der Waals surface area (Å²) in [6, 6.07) is 21.8. The Bertz CT molecular complexity index is 1900. The first-order chi connectivity index (χ1) is 23.2. The van der Waals surface area contributed by atoms with E-state index in [1.54, 1.807) is 41.0 Å². The fraction of sp³-hybridized carbons (Fsp3) is 0.282. The summed E-state index contributed by atoms with van der Waals surface area (Å²) in [5, 5.41) is 12.2. The molecule has 48 heavy (non-hydrogen) atoms. The van der Waals surface area contributed by atoms with Crippen LogP contribution in [0.3, 0.4) is 0 Å². The molecule has 8 nitrogen and oxygen atoms in total. The van der Waals surface area contributed by atoms with Crippen molar-refractivity contribution < 1.29 is 19.2 Å². The standard InChI is InChI=1S/C37H36ClN3O4.C2H7N/c1-24-10-17-34-32(20-24)31(25(2)41(34)37(45)26-11-14-29(38)15-12-26)21-35(44)40-19-6-4-3-5-18-39-33-16-13-28(23-43)36-27(22-42)8-7-9-30(33)36;1-3-2/h7-17,20,22-23,39H,3-6,18-19,21H2,1-2H3,(H,40,44);3H,1-2H3. The molecule has 5 aromatic rings. The highest BCUT2D eigenvalue weighted by Gasteiger charge is 2.21. The van der Waals surface area contributed by atoms with Crippen molar-refractivity contribution in [3.05, 3.63) is 111 Å². The summed E-state index contributed by atoms with van der Waals surface area (Å²) in [6.45, 7) is 5.23. The number of aromatic nitrogens is 1. The predicted octanol–water partition coefficient (Wildman–Crippen LogP) is 7.55. The van der Waals surface area contributed by atoms with Crippen molar-refractivity contribution in [3.63, 3.8) is 0 Å². The molecule has 0 saturated carbocycles. The summed E-state index contributed by atoms with van der Waals surface area (Å²) >= 11 is 6.03. The Morgan fingerprint density at radius 1 is 0.792 bits per heavy atom. The van der Waals surface area contributed by atoms with Crippen molar-refractivity contribution in [3.8, 4) is 0 Å². The second-order valence-corrected chi connectivity index (χ2v) is 12.2. The number of hydrogen-bond donors (Lipinski definition) is 3. The van der Waals surface area contributed by atoms with Gasteiger partial charge in [0.15, 0.2) is 12.6 Å². The SMILES string of the molecule is CNC.Cc1ccc2c(c1)c(CC(=O)NCCCCCCNc1ccc(C=O)c3c(C=O)cccc13)c(C)n2C(=O)c1ccc(Cl)cc1. The number of nitrogens with zero attached hydrogens (tertiary/aromatic N) is 1. The number of rotatable bonds is 13. The first-order valence-electron chi connectivity index (χ1n) is 16.2. The van der Waals surface area contributed by atoms with Crippen molar-refractivity contribution in [1.82, 2.24) is 15.2 Å². The molecule has 1 amide bonds. The van der Waals surface area contributed by atoms with Crippen LogP contribution in [0.15, 0.2) is 72.8 Å². The number of aldehydes is 2. The van der Waals surface area contributed by atoms with E-state index in [0.29, 0.717) is 33.6 Å². The van der Waals surface area contributed by atoms with Crippen LogP contribution in [-0.2, 0) is 11.2 Å². The molecular weight excluding hydrogens is 624 g/mol. The molecule has 3 N–H and O–H groups in total. The lowest BCUT2D eigenvalue weighted by Gasteiger charge is -2.12. The Balaban J connectivity index is 0.00000167. The number of carbonyl (C=O) groups excluding carboxylic acids is 4. The molecule has 1 heterocycles. The third kappa shape index (κ3) is 8.56. The minimum absolute atomic E-state index is 0.0698. The second-order valence-electron chi connectivity index (χ2n) is 11.8. The molecule has 9 heteroatoms. The van der Waals surface area contributed by atoms with Gasteiger partial charge in [-0.2, -0.15) is 0 Å². The molecule has 1 aromatic heterocycles. The van der Waals surface area contributed by atoms with Gasteiger partial charge in [-0.05, 0) is 94.9 Å². The van der Waals surface area contributed by atoms with Gasteiger partial charge in [0.25, 0.3) is 5.91 Å². The second kappa shape index (κ2) is 17.4. The predicted molar refractivity (Wildman–Crippen MR) is 196 cm³/mol. The van der Waals surface area contributed by atoms with E-state index in [0.717, 1.165) is 83.6 Å². The highest BCUT2D eigenvalue weighted by Crippen LogP contribution is 2.30. The fourth-order valence-electron chi connectivity index (χ4n) is 5.89. The lowest BCUT2D eigenvalue weighted by atomic mass is 9.99. The van der Waals surface area contributed by atoms with Crippen LogP contribution in [0.25, 0.3) is 21.7 Å². The van der Waals surface area contributed by atoms with E-state index in [4.69, 9.17) is 11.6 Å². The summed E-state index contributed by atoms with van der Waals surface area (Å²) in [7, 11) is 3.75. The molecule has 0 fully saturated rings. The molecule has 0 saturated heterocycles. The van der Waals surface area contributed by atoms with Crippen molar-refractivity contribution in [2.75, 3.05) is 32.5 Å². The topological polar surface area (TPSA) is 109 Å². The summed E-state index contributed by atoms with van der Waals surface area (Å²) in [5.74, 6) is -0.226. The molecule has 0 bridgehead atoms. The molecule has 0 spiro atoms. The normalized spacial score (nSPS) is 10.8. The number of halogens is 1. The zero-order valence-electron chi connectivity index (χ0n) is 28.0. The van der Waals surface area contributed by atoms with Gasteiger partial charge in [-0.25, -0.2) is 0 Å². The number of unbranched alkanes of at least 4 members (excludes halogenated alkanes) is 3. The maximum absolute atomic E-state index is 13.5. The maximum Gasteiger partial charge on any atom is 0.262 e. The Morgan fingerprint density at radius 3 is 2.15 bits per heavy atom. The minimum atomic E-state index is -0.156. The quantitative estimate of drug-likeness (QED) is 0.0885. The van der Waals surface area contributed by atoms with Gasteiger partial charge in [-0.3, -0.25) is 23.7 Å². The lowest BCUT2D eigenvalue weighted by molar-refractivity contribution is -0.120. The molecule has 4 aromatic carbocycles. The van der Waals surface area contributed by atoms with Gasteiger partial charge >= 0.3 is 0 Å². The largest absolute Gasteiger partial charge is 0.385 e. The number of anilines is 1. The first kappa shape index (κ1) is 36.1. The molecule has 0 aliphatic rings. The van der Waals surface area contributed by atoms with Crippen molar-refractivity contribution in [2.45, 2.75) is 46.0 Å². The van der Waals surface area contributed by atoms with Gasteiger partial charge in [0, 0.05) is 62.3 Å². The Labute approximate surface area is 286 Å². The number of hydrogen-bond acceptors (Lipinski definition) is 6. The molecule has 0 aliphatic heterocycles. The number of aryl methyl sites for hydroxylation is 1. The number of nitrogens with one attached hydrogen (secondary N) is 3. The first-order valence-corrected chi connectivity index (χ1v) is 16.6. The highest BCUT2D eigenvalue weighted by molar-refractivity contribution is 6.30. The number of carbonyl (C=O) groups is 4. The van der Waals surface area contributed by atoms with Crippen LogP contribution >= 0.6 is 11.6 Å². The van der Waals surface area contributed by atoms with Crippen LogP contribution in [0.1, 0.15) is 73.6 Å². The smallest absolute Gasteiger partial charge is 0.262 e. The number of amides is 1. The zero-order chi connectivity index (χ0) is 34.6. The van der Waals surface area contributed by atoms with Gasteiger partial charge in [-0.15, -0.1) is 0 Å². The molecule has 0 unspecified atom stereocenters. The average Bonchev–Trinajstić information content (AvgIpc) is 3.35. The van der Waals surface area contributed by atoms with Gasteiger partial charge in [0.1, 0.15) is 0 Å². The average molecular weight is 667 g/mol. The monoisotopic (exact) mass is 666 g/mol. The summed E-state index contributed by atoms with van der Waals surface area (Å²) in [4.78, 5) is 49.5.